The van der Waals surface area contributed by atoms with Gasteiger partial charge in [-0.2, -0.15) is 0 Å². The summed E-state index contributed by atoms with van der Waals surface area (Å²) < 4.78 is 0.664. The van der Waals surface area contributed by atoms with Gasteiger partial charge in [-0.05, 0) is 44.4 Å². The van der Waals surface area contributed by atoms with Crippen LogP contribution in [0.3, 0.4) is 0 Å². The van der Waals surface area contributed by atoms with Crippen LogP contribution in [0.25, 0.3) is 0 Å². The second-order valence-electron chi connectivity index (χ2n) is 6.13. The second-order valence-corrected chi connectivity index (χ2v) is 9.08. The molecule has 1 aromatic carbocycles. The smallest absolute Gasteiger partial charge is 0.237 e. The van der Waals surface area contributed by atoms with Crippen molar-refractivity contribution in [2.45, 2.75) is 49.2 Å². The second kappa shape index (κ2) is 7.94. The molecule has 9 heteroatoms. The van der Waals surface area contributed by atoms with Crippen molar-refractivity contribution in [3.05, 3.63) is 28.8 Å². The molecule has 1 aliphatic rings. The molecule has 3 rings (SSSR count). The van der Waals surface area contributed by atoms with Gasteiger partial charge in [0.2, 0.25) is 16.9 Å². The molecule has 2 aromatic rings. The lowest BCUT2D eigenvalue weighted by Gasteiger charge is -2.15. The van der Waals surface area contributed by atoms with Crippen molar-refractivity contribution in [1.29, 1.82) is 0 Å². The fraction of sp³-hybridized carbons (Fsp3) is 0.412. The first-order valence-electron chi connectivity index (χ1n) is 8.22. The molecule has 0 bridgehead atoms. The summed E-state index contributed by atoms with van der Waals surface area (Å²) in [7, 11) is 0. The van der Waals surface area contributed by atoms with E-state index in [1.807, 2.05) is 19.9 Å². The quantitative estimate of drug-likeness (QED) is 0.572. The average molecular weight is 411 g/mol. The van der Waals surface area contributed by atoms with Gasteiger partial charge in [-0.25, -0.2) is 0 Å². The lowest BCUT2D eigenvalue weighted by molar-refractivity contribution is -0.117. The van der Waals surface area contributed by atoms with Crippen LogP contribution in [0, 0.1) is 6.92 Å². The minimum Gasteiger partial charge on any atom is -0.325 e. The summed E-state index contributed by atoms with van der Waals surface area (Å²) in [4.78, 5) is 26.0. The summed E-state index contributed by atoms with van der Waals surface area (Å²) in [5.41, 5.74) is 1.53. The number of benzene rings is 1. The minimum absolute atomic E-state index is 0.0255. The first-order valence-corrected chi connectivity index (χ1v) is 10.3. The Balaban J connectivity index is 1.64. The molecular weight excluding hydrogens is 392 g/mol. The standard InChI is InChI=1S/C17H19ClN4O2S2/c1-9-13(18)5-4-6-14(9)19-15(24)10(2)25-17-21-20-16(26-17)22(11(3)23)12-7-8-12/h4-6,10,12H,7-8H2,1-3H3,(H,19,24). The first-order chi connectivity index (χ1) is 12.4. The zero-order chi connectivity index (χ0) is 18.8. The van der Waals surface area contributed by atoms with Crippen LogP contribution in [0.2, 0.25) is 5.02 Å². The maximum atomic E-state index is 12.5. The molecule has 1 atom stereocenters. The predicted octanol–water partition coefficient (Wildman–Crippen LogP) is 4.13. The third-order valence-electron chi connectivity index (χ3n) is 4.03. The molecule has 6 nitrogen and oxygen atoms in total. The van der Waals surface area contributed by atoms with Gasteiger partial charge >= 0.3 is 0 Å². The highest BCUT2D eigenvalue weighted by Crippen LogP contribution is 2.37. The largest absolute Gasteiger partial charge is 0.325 e. The van der Waals surface area contributed by atoms with E-state index in [-0.39, 0.29) is 23.1 Å². The van der Waals surface area contributed by atoms with Crippen molar-refractivity contribution < 1.29 is 9.59 Å². The molecule has 0 spiro atoms. The van der Waals surface area contributed by atoms with Crippen LogP contribution >= 0.6 is 34.7 Å². The fourth-order valence-corrected chi connectivity index (χ4v) is 4.69. The van der Waals surface area contributed by atoms with Crippen molar-refractivity contribution in [3.8, 4) is 0 Å². The summed E-state index contributed by atoms with van der Waals surface area (Å²) in [6.45, 7) is 5.21. The number of carbonyl (C=O) groups is 2. The number of anilines is 2. The number of rotatable bonds is 6. The van der Waals surface area contributed by atoms with E-state index in [0.717, 1.165) is 18.4 Å². The summed E-state index contributed by atoms with van der Waals surface area (Å²) in [5.74, 6) is -0.162. The number of thioether (sulfide) groups is 1. The van der Waals surface area contributed by atoms with Gasteiger partial charge in [0.05, 0.1) is 5.25 Å². The Morgan fingerprint density at radius 3 is 2.77 bits per heavy atom. The molecule has 1 fully saturated rings. The third kappa shape index (κ3) is 4.36. The van der Waals surface area contributed by atoms with Crippen LogP contribution in [0.4, 0.5) is 10.8 Å². The summed E-state index contributed by atoms with van der Waals surface area (Å²) in [6, 6.07) is 5.65. The van der Waals surface area contributed by atoms with Gasteiger partial charge < -0.3 is 5.32 Å². The number of amides is 2. The maximum absolute atomic E-state index is 12.5. The molecule has 2 amide bonds. The molecule has 1 saturated carbocycles. The Morgan fingerprint density at radius 2 is 2.12 bits per heavy atom. The number of hydrogen-bond donors (Lipinski definition) is 1. The Bertz CT molecular complexity index is 838. The molecule has 1 unspecified atom stereocenters. The molecular formula is C17H19ClN4O2S2. The van der Waals surface area contributed by atoms with E-state index in [9.17, 15) is 9.59 Å². The minimum atomic E-state index is -0.360. The number of nitrogens with one attached hydrogen (secondary N) is 1. The van der Waals surface area contributed by atoms with Gasteiger partial charge in [0, 0.05) is 23.7 Å². The zero-order valence-electron chi connectivity index (χ0n) is 14.7. The highest BCUT2D eigenvalue weighted by atomic mass is 35.5. The first kappa shape index (κ1) is 19.1. The normalized spacial score (nSPS) is 14.8. The molecule has 0 aliphatic heterocycles. The Morgan fingerprint density at radius 1 is 1.38 bits per heavy atom. The molecule has 1 aliphatic carbocycles. The molecule has 1 heterocycles. The van der Waals surface area contributed by atoms with E-state index in [1.54, 1.807) is 17.0 Å². The lowest BCUT2D eigenvalue weighted by Crippen LogP contribution is -2.30. The number of aromatic nitrogens is 2. The van der Waals surface area contributed by atoms with E-state index >= 15 is 0 Å². The summed E-state index contributed by atoms with van der Waals surface area (Å²) in [5, 5.41) is 12.0. The summed E-state index contributed by atoms with van der Waals surface area (Å²) >= 11 is 8.75. The maximum Gasteiger partial charge on any atom is 0.237 e. The topological polar surface area (TPSA) is 75.2 Å². The number of hydrogen-bond acceptors (Lipinski definition) is 6. The monoisotopic (exact) mass is 410 g/mol. The fourth-order valence-electron chi connectivity index (χ4n) is 2.41. The highest BCUT2D eigenvalue weighted by molar-refractivity contribution is 8.02. The third-order valence-corrected chi connectivity index (χ3v) is 6.54. The van der Waals surface area contributed by atoms with Gasteiger partial charge in [0.25, 0.3) is 0 Å². The van der Waals surface area contributed by atoms with E-state index in [2.05, 4.69) is 15.5 Å². The zero-order valence-corrected chi connectivity index (χ0v) is 17.0. The van der Waals surface area contributed by atoms with E-state index < -0.39 is 0 Å². The molecule has 0 radical (unpaired) electrons. The predicted molar refractivity (Wildman–Crippen MR) is 106 cm³/mol. The van der Waals surface area contributed by atoms with Crippen LogP contribution in [-0.2, 0) is 9.59 Å². The van der Waals surface area contributed by atoms with Crippen molar-refractivity contribution in [1.82, 2.24) is 10.2 Å². The Kier molecular flexibility index (Phi) is 5.84. The van der Waals surface area contributed by atoms with E-state index in [0.29, 0.717) is 20.2 Å². The van der Waals surface area contributed by atoms with E-state index in [4.69, 9.17) is 11.6 Å². The molecule has 1 N–H and O–H groups in total. The van der Waals surface area contributed by atoms with Crippen molar-refractivity contribution in [2.75, 3.05) is 10.2 Å². The van der Waals surface area contributed by atoms with Gasteiger partial charge in [0.1, 0.15) is 0 Å². The SMILES string of the molecule is CC(=O)N(c1nnc(SC(C)C(=O)Nc2cccc(Cl)c2C)s1)C1CC1. The van der Waals surface area contributed by atoms with Crippen molar-refractivity contribution in [2.24, 2.45) is 0 Å². The molecule has 1 aromatic heterocycles. The Labute approximate surface area is 165 Å². The van der Waals surface area contributed by atoms with Crippen LogP contribution in [0.5, 0.6) is 0 Å². The van der Waals surface area contributed by atoms with Gasteiger partial charge in [-0.3, -0.25) is 14.5 Å². The van der Waals surface area contributed by atoms with Gasteiger partial charge in [-0.15, -0.1) is 10.2 Å². The van der Waals surface area contributed by atoms with Crippen molar-refractivity contribution in [3.63, 3.8) is 0 Å². The number of nitrogens with zero attached hydrogens (tertiary/aromatic N) is 3. The Hall–Kier alpha value is -1.64. The van der Waals surface area contributed by atoms with Gasteiger partial charge in [0.15, 0.2) is 4.34 Å². The number of halogens is 1. The summed E-state index contributed by atoms with van der Waals surface area (Å²) in [6.07, 6.45) is 2.00. The van der Waals surface area contributed by atoms with Crippen LogP contribution in [-0.4, -0.2) is 33.3 Å². The number of carbonyl (C=O) groups excluding carboxylic acids is 2. The highest BCUT2D eigenvalue weighted by Gasteiger charge is 2.34. The van der Waals surface area contributed by atoms with Crippen LogP contribution in [0.1, 0.15) is 32.3 Å². The van der Waals surface area contributed by atoms with Crippen LogP contribution in [0.15, 0.2) is 22.5 Å². The van der Waals surface area contributed by atoms with Gasteiger partial charge in [-0.1, -0.05) is 40.8 Å². The van der Waals surface area contributed by atoms with Crippen LogP contribution < -0.4 is 10.2 Å². The average Bonchev–Trinajstić information content (AvgIpc) is 3.31. The van der Waals surface area contributed by atoms with E-state index in [1.165, 1.54) is 30.0 Å². The molecule has 138 valence electrons. The molecule has 26 heavy (non-hydrogen) atoms. The lowest BCUT2D eigenvalue weighted by atomic mass is 10.2. The van der Waals surface area contributed by atoms with Crippen molar-refractivity contribution >= 4 is 57.3 Å². The molecule has 0 saturated heterocycles.